The number of H-pyrrole nitrogens is 2. The first-order valence-electron chi connectivity index (χ1n) is 15.8. The van der Waals surface area contributed by atoms with Crippen molar-refractivity contribution in [2.24, 2.45) is 0 Å². The Morgan fingerprint density at radius 3 is 1.55 bits per heavy atom. The van der Waals surface area contributed by atoms with Gasteiger partial charge in [0.1, 0.15) is 17.5 Å². The van der Waals surface area contributed by atoms with E-state index in [0.29, 0.717) is 34.5 Å². The summed E-state index contributed by atoms with van der Waals surface area (Å²) < 4.78 is 39.6. The molecule has 12 nitrogen and oxygen atoms in total. The summed E-state index contributed by atoms with van der Waals surface area (Å²) in [6.07, 6.45) is 10.1. The molecule has 0 aliphatic rings. The van der Waals surface area contributed by atoms with Crippen molar-refractivity contribution < 1.29 is 18.9 Å². The smallest absolute Gasteiger partial charge is 0.161 e. The quantitative estimate of drug-likeness (QED) is 0.132. The molecule has 51 heavy (non-hydrogen) atoms. The van der Waals surface area contributed by atoms with Gasteiger partial charge in [-0.1, -0.05) is 13.8 Å². The number of rotatable bonds is 6. The van der Waals surface area contributed by atoms with Gasteiger partial charge in [0.15, 0.2) is 34.6 Å². The highest BCUT2D eigenvalue weighted by Gasteiger charge is 2.11. The maximum Gasteiger partial charge on any atom is 0.161 e. The third kappa shape index (κ3) is 7.94. The van der Waals surface area contributed by atoms with E-state index in [-0.39, 0.29) is 11.5 Å². The molecule has 0 saturated heterocycles. The average molecular weight is 697 g/mol. The second-order valence-electron chi connectivity index (χ2n) is 10.9. The largest absolute Gasteiger partial charge is 0.339 e. The molecule has 0 bridgehead atoms. The van der Waals surface area contributed by atoms with Crippen LogP contribution in [-0.4, -0.2) is 50.3 Å². The van der Waals surface area contributed by atoms with Crippen molar-refractivity contribution in [1.29, 1.82) is 0 Å². The molecule has 2 aromatic carbocycles. The molecule has 4 N–H and O–H groups in total. The fourth-order valence-corrected chi connectivity index (χ4v) is 4.73. The van der Waals surface area contributed by atoms with Crippen LogP contribution in [0, 0.1) is 31.3 Å². The number of aromatic nitrogens is 10. The van der Waals surface area contributed by atoms with Crippen LogP contribution in [0.5, 0.6) is 0 Å². The zero-order valence-corrected chi connectivity index (χ0v) is 27.9. The zero-order valence-electron chi connectivity index (χ0n) is 27.9. The number of aromatic amines is 2. The number of benzene rings is 2. The Bertz CT molecular complexity index is 2450. The Morgan fingerprint density at radius 2 is 1.04 bits per heavy atom. The standard InChI is InChI=1S/C17H12F2N6.C17H13FN6.C2H6.4H2/c1-9-6-20-16(10-2-3-13(18)14(19)5-10)24-15(9)23-12-4-11-7-22-25-17(11)21-8-12;1-10-7-19-16(11-2-4-13(18)5-3-11)23-15(10)22-14-6-12-8-21-24-17(12)20-9-14;1-2;;;;/h2-8H,1H3,(H,20,23,24)(H,21,22,25);2-9H,1H3,(H,19,22,23)(H,20,21,24);1-2H3;4*1H. The van der Waals surface area contributed by atoms with E-state index in [2.05, 4.69) is 60.9 Å². The minimum absolute atomic E-state index is 0. The minimum Gasteiger partial charge on any atom is -0.339 e. The molecule has 8 aromatic rings. The molecule has 0 unspecified atom stereocenters. The number of anilines is 4. The lowest BCUT2D eigenvalue weighted by Crippen LogP contribution is -2.01. The normalized spacial score (nSPS) is 10.6. The first kappa shape index (κ1) is 34.1. The Labute approximate surface area is 295 Å². The monoisotopic (exact) mass is 696 g/mol. The molecule has 0 aliphatic carbocycles. The molecule has 0 aliphatic heterocycles. The third-order valence-electron chi connectivity index (χ3n) is 7.33. The van der Waals surface area contributed by atoms with Gasteiger partial charge in [-0.25, -0.2) is 43.1 Å². The summed E-state index contributed by atoms with van der Waals surface area (Å²) in [5.41, 5.74) is 5.79. The van der Waals surface area contributed by atoms with E-state index in [1.807, 2.05) is 39.8 Å². The van der Waals surface area contributed by atoms with E-state index < -0.39 is 11.6 Å². The summed E-state index contributed by atoms with van der Waals surface area (Å²) in [4.78, 5) is 26.0. The predicted molar refractivity (Wildman–Crippen MR) is 198 cm³/mol. The van der Waals surface area contributed by atoms with Crippen molar-refractivity contribution in [2.75, 3.05) is 10.6 Å². The third-order valence-corrected chi connectivity index (χ3v) is 7.33. The molecule has 0 fully saturated rings. The Hall–Kier alpha value is -6.77. The summed E-state index contributed by atoms with van der Waals surface area (Å²) in [6, 6.07) is 13.5. The van der Waals surface area contributed by atoms with Crippen molar-refractivity contribution in [3.05, 3.63) is 120 Å². The molecule has 0 amide bonds. The number of aryl methyl sites for hydroxylation is 2. The summed E-state index contributed by atoms with van der Waals surface area (Å²) in [5, 5.41) is 21.7. The maximum atomic E-state index is 13.4. The van der Waals surface area contributed by atoms with E-state index in [0.717, 1.165) is 56.6 Å². The van der Waals surface area contributed by atoms with Gasteiger partial charge >= 0.3 is 0 Å². The van der Waals surface area contributed by atoms with Gasteiger partial charge in [-0.05, 0) is 68.4 Å². The van der Waals surface area contributed by atoms with E-state index >= 15 is 0 Å². The van der Waals surface area contributed by atoms with Crippen LogP contribution in [0.2, 0.25) is 0 Å². The average Bonchev–Trinajstić information content (AvgIpc) is 3.82. The molecule has 8 rings (SSSR count). The van der Waals surface area contributed by atoms with Crippen molar-refractivity contribution in [1.82, 2.24) is 50.3 Å². The fourth-order valence-electron chi connectivity index (χ4n) is 4.73. The van der Waals surface area contributed by atoms with Crippen molar-refractivity contribution in [3.8, 4) is 22.8 Å². The number of pyridine rings is 2. The van der Waals surface area contributed by atoms with E-state index in [1.54, 1.807) is 49.3 Å². The van der Waals surface area contributed by atoms with Crippen LogP contribution in [-0.2, 0) is 0 Å². The summed E-state index contributed by atoms with van der Waals surface area (Å²) in [5.74, 6) is -0.0821. The Balaban J connectivity index is 0.000000340. The van der Waals surface area contributed by atoms with Crippen LogP contribution >= 0.6 is 0 Å². The lowest BCUT2D eigenvalue weighted by Gasteiger charge is -2.10. The molecule has 0 saturated carbocycles. The molecule has 6 heterocycles. The maximum absolute atomic E-state index is 13.4. The number of hydrogen-bond acceptors (Lipinski definition) is 10. The van der Waals surface area contributed by atoms with Crippen LogP contribution in [0.1, 0.15) is 30.7 Å². The molecule has 15 heteroatoms. The Kier molecular flexibility index (Phi) is 10.2. The number of halogens is 3. The van der Waals surface area contributed by atoms with Crippen LogP contribution in [0.15, 0.2) is 91.8 Å². The summed E-state index contributed by atoms with van der Waals surface area (Å²) in [6.45, 7) is 7.77. The van der Waals surface area contributed by atoms with Gasteiger partial charge < -0.3 is 10.6 Å². The van der Waals surface area contributed by atoms with Gasteiger partial charge in [0, 0.05) is 51.1 Å². The molecule has 0 radical (unpaired) electrons. The van der Waals surface area contributed by atoms with Crippen molar-refractivity contribution >= 4 is 45.1 Å². The summed E-state index contributed by atoms with van der Waals surface area (Å²) in [7, 11) is 0. The Morgan fingerprint density at radius 1 is 0.549 bits per heavy atom. The van der Waals surface area contributed by atoms with Crippen LogP contribution < -0.4 is 10.6 Å². The number of fused-ring (bicyclic) bond motifs is 2. The zero-order chi connectivity index (χ0) is 35.9. The molecular weight excluding hydrogens is 657 g/mol. The van der Waals surface area contributed by atoms with Crippen LogP contribution in [0.25, 0.3) is 44.8 Å². The second-order valence-corrected chi connectivity index (χ2v) is 10.9. The van der Waals surface area contributed by atoms with Gasteiger partial charge in [-0.3, -0.25) is 10.2 Å². The van der Waals surface area contributed by atoms with Crippen molar-refractivity contribution in [2.45, 2.75) is 27.7 Å². The number of hydrogen-bond donors (Lipinski definition) is 4. The van der Waals surface area contributed by atoms with Gasteiger partial charge in [0.05, 0.1) is 36.2 Å². The molecule has 0 spiro atoms. The first-order valence-corrected chi connectivity index (χ1v) is 15.8. The van der Waals surface area contributed by atoms with Crippen molar-refractivity contribution in [3.63, 3.8) is 0 Å². The highest BCUT2D eigenvalue weighted by molar-refractivity contribution is 5.80. The second kappa shape index (κ2) is 15.2. The van der Waals surface area contributed by atoms with Crippen LogP contribution in [0.4, 0.5) is 36.2 Å². The van der Waals surface area contributed by atoms with E-state index in [1.165, 1.54) is 18.2 Å². The lowest BCUT2D eigenvalue weighted by molar-refractivity contribution is 0.509. The first-order chi connectivity index (χ1) is 24.8. The van der Waals surface area contributed by atoms with E-state index in [4.69, 9.17) is 0 Å². The molecule has 0 atom stereocenters. The molecule has 264 valence electrons. The predicted octanol–water partition coefficient (Wildman–Crippen LogP) is 9.36. The number of nitrogens with one attached hydrogen (secondary N) is 4. The summed E-state index contributed by atoms with van der Waals surface area (Å²) >= 11 is 0. The highest BCUT2D eigenvalue weighted by Crippen LogP contribution is 2.25. The minimum atomic E-state index is -0.939. The highest BCUT2D eigenvalue weighted by atomic mass is 19.2. The molecule has 6 aromatic heterocycles. The lowest BCUT2D eigenvalue weighted by atomic mass is 10.2. The molecular formula is C36H39F3N12. The van der Waals surface area contributed by atoms with Gasteiger partial charge in [0.25, 0.3) is 0 Å². The van der Waals surface area contributed by atoms with Gasteiger partial charge in [-0.2, -0.15) is 10.2 Å². The van der Waals surface area contributed by atoms with E-state index in [9.17, 15) is 13.2 Å². The SMILES string of the molecule is CC.Cc1cnc(-c2ccc(F)c(F)c2)nc1Nc1cnc2[nH]ncc2c1.Cc1cnc(-c2ccc(F)cc2)nc1Nc1cnc2[nH]ncc2c1.[HH].[HH].[HH].[HH]. The number of nitrogens with zero attached hydrogens (tertiary/aromatic N) is 8. The van der Waals surface area contributed by atoms with Gasteiger partial charge in [-0.15, -0.1) is 0 Å². The van der Waals surface area contributed by atoms with Crippen LogP contribution in [0.3, 0.4) is 0 Å². The van der Waals surface area contributed by atoms with Gasteiger partial charge in [0.2, 0.25) is 0 Å². The fraction of sp³-hybridized carbons (Fsp3) is 0.111. The topological polar surface area (TPSA) is 159 Å².